The van der Waals surface area contributed by atoms with Gasteiger partial charge in [-0.1, -0.05) is 36.8 Å². The van der Waals surface area contributed by atoms with E-state index in [1.165, 1.54) is 24.2 Å². The van der Waals surface area contributed by atoms with E-state index in [9.17, 15) is 9.59 Å². The Morgan fingerprint density at radius 3 is 2.65 bits per heavy atom. The number of para-hydroxylation sites is 1. The first-order valence-corrected chi connectivity index (χ1v) is 9.09. The first-order valence-electron chi connectivity index (χ1n) is 8.27. The second kappa shape index (κ2) is 7.27. The molecule has 2 heterocycles. The molecule has 23 heavy (non-hydrogen) atoms. The topological polar surface area (TPSA) is 45.5 Å². The Morgan fingerprint density at radius 2 is 1.91 bits per heavy atom. The molecule has 1 aromatic heterocycles. The van der Waals surface area contributed by atoms with Crippen LogP contribution in [0.2, 0.25) is 0 Å². The van der Waals surface area contributed by atoms with Crippen molar-refractivity contribution in [1.29, 1.82) is 0 Å². The third kappa shape index (κ3) is 3.64. The maximum atomic E-state index is 12.5. The van der Waals surface area contributed by atoms with Crippen LogP contribution in [0, 0.1) is 0 Å². The van der Waals surface area contributed by atoms with E-state index in [0.29, 0.717) is 0 Å². The number of fused-ring (bicyclic) bond motifs is 1. The lowest BCUT2D eigenvalue weighted by molar-refractivity contribution is -0.133. The van der Waals surface area contributed by atoms with E-state index in [4.69, 9.17) is 0 Å². The molecular formula is C17H23N3O2S. The van der Waals surface area contributed by atoms with E-state index in [0.717, 1.165) is 42.9 Å². The SMILES string of the molecule is CCCCN1CCN(C(=O)Cn2c(=O)sc3ccccc32)CC1. The molecule has 0 bridgehead atoms. The zero-order valence-corrected chi connectivity index (χ0v) is 14.3. The van der Waals surface area contributed by atoms with Crippen LogP contribution in [0.1, 0.15) is 19.8 Å². The molecule has 1 aliphatic heterocycles. The fraction of sp³-hybridized carbons (Fsp3) is 0.529. The van der Waals surface area contributed by atoms with Crippen LogP contribution in [0.25, 0.3) is 10.2 Å². The number of amides is 1. The Morgan fingerprint density at radius 1 is 1.17 bits per heavy atom. The number of benzene rings is 1. The van der Waals surface area contributed by atoms with Gasteiger partial charge in [-0.2, -0.15) is 0 Å². The highest BCUT2D eigenvalue weighted by Crippen LogP contribution is 2.16. The van der Waals surface area contributed by atoms with Gasteiger partial charge in [0.15, 0.2) is 0 Å². The van der Waals surface area contributed by atoms with Crippen molar-refractivity contribution in [2.45, 2.75) is 26.3 Å². The van der Waals surface area contributed by atoms with Crippen molar-refractivity contribution < 1.29 is 4.79 Å². The average Bonchev–Trinajstić information content (AvgIpc) is 2.89. The molecule has 1 aromatic carbocycles. The first kappa shape index (κ1) is 16.2. The van der Waals surface area contributed by atoms with Crippen molar-refractivity contribution in [2.24, 2.45) is 0 Å². The smallest absolute Gasteiger partial charge is 0.308 e. The van der Waals surface area contributed by atoms with Gasteiger partial charge in [0, 0.05) is 26.2 Å². The number of piperazine rings is 1. The number of nitrogens with zero attached hydrogens (tertiary/aromatic N) is 3. The zero-order chi connectivity index (χ0) is 16.2. The van der Waals surface area contributed by atoms with Crippen LogP contribution in [0.5, 0.6) is 0 Å². The van der Waals surface area contributed by atoms with Gasteiger partial charge in [0.25, 0.3) is 0 Å². The van der Waals surface area contributed by atoms with E-state index >= 15 is 0 Å². The monoisotopic (exact) mass is 333 g/mol. The summed E-state index contributed by atoms with van der Waals surface area (Å²) in [7, 11) is 0. The Balaban J connectivity index is 1.63. The van der Waals surface area contributed by atoms with E-state index in [-0.39, 0.29) is 17.3 Å². The summed E-state index contributed by atoms with van der Waals surface area (Å²) in [5.74, 6) is 0.0470. The predicted molar refractivity (Wildman–Crippen MR) is 94.0 cm³/mol. The number of hydrogen-bond acceptors (Lipinski definition) is 4. The van der Waals surface area contributed by atoms with Gasteiger partial charge in [-0.3, -0.25) is 19.1 Å². The Labute approximate surface area is 140 Å². The number of rotatable bonds is 5. The van der Waals surface area contributed by atoms with Gasteiger partial charge in [-0.25, -0.2) is 0 Å². The summed E-state index contributed by atoms with van der Waals surface area (Å²) in [6.07, 6.45) is 2.41. The highest BCUT2D eigenvalue weighted by molar-refractivity contribution is 7.16. The van der Waals surface area contributed by atoms with Crippen molar-refractivity contribution in [3.8, 4) is 0 Å². The molecule has 0 unspecified atom stereocenters. The molecule has 1 fully saturated rings. The number of hydrogen-bond donors (Lipinski definition) is 0. The summed E-state index contributed by atoms with van der Waals surface area (Å²) in [5, 5.41) is 0. The second-order valence-electron chi connectivity index (χ2n) is 6.00. The number of carbonyl (C=O) groups excluding carboxylic acids is 1. The molecule has 1 saturated heterocycles. The molecule has 5 nitrogen and oxygen atoms in total. The summed E-state index contributed by atoms with van der Waals surface area (Å²) in [5.41, 5.74) is 0.859. The molecular weight excluding hydrogens is 310 g/mol. The standard InChI is InChI=1S/C17H23N3O2S/c1-2-3-8-18-9-11-19(12-10-18)16(21)13-20-14-6-4-5-7-15(14)23-17(20)22/h4-7H,2-3,8-13H2,1H3. The summed E-state index contributed by atoms with van der Waals surface area (Å²) in [6.45, 7) is 6.86. The van der Waals surface area contributed by atoms with Gasteiger partial charge >= 0.3 is 4.87 Å². The molecule has 1 aliphatic rings. The number of aromatic nitrogens is 1. The molecule has 0 N–H and O–H groups in total. The van der Waals surface area contributed by atoms with E-state index in [1.54, 1.807) is 4.57 Å². The molecule has 0 aliphatic carbocycles. The van der Waals surface area contributed by atoms with Crippen LogP contribution in [0.15, 0.2) is 29.1 Å². The van der Waals surface area contributed by atoms with E-state index < -0.39 is 0 Å². The maximum absolute atomic E-state index is 12.5. The van der Waals surface area contributed by atoms with Crippen LogP contribution < -0.4 is 4.87 Å². The van der Waals surface area contributed by atoms with Crippen molar-refractivity contribution in [3.05, 3.63) is 33.9 Å². The molecule has 0 spiro atoms. The van der Waals surface area contributed by atoms with Crippen molar-refractivity contribution >= 4 is 27.5 Å². The normalized spacial score (nSPS) is 16.1. The largest absolute Gasteiger partial charge is 0.339 e. The summed E-state index contributed by atoms with van der Waals surface area (Å²) in [6, 6.07) is 7.65. The zero-order valence-electron chi connectivity index (χ0n) is 13.5. The molecule has 1 amide bonds. The first-order chi connectivity index (χ1) is 11.2. The molecule has 3 rings (SSSR count). The van der Waals surface area contributed by atoms with Gasteiger partial charge < -0.3 is 4.90 Å². The van der Waals surface area contributed by atoms with Crippen LogP contribution in [-0.4, -0.2) is 53.0 Å². The fourth-order valence-electron chi connectivity index (χ4n) is 3.00. The molecule has 0 radical (unpaired) electrons. The molecule has 124 valence electrons. The lowest BCUT2D eigenvalue weighted by atomic mass is 10.2. The quantitative estimate of drug-likeness (QED) is 0.841. The summed E-state index contributed by atoms with van der Waals surface area (Å²) in [4.78, 5) is 28.9. The molecule has 6 heteroatoms. The Kier molecular flexibility index (Phi) is 5.13. The lowest BCUT2D eigenvalue weighted by Gasteiger charge is -2.34. The van der Waals surface area contributed by atoms with Crippen LogP contribution in [0.4, 0.5) is 0 Å². The second-order valence-corrected chi connectivity index (χ2v) is 6.99. The maximum Gasteiger partial charge on any atom is 0.308 e. The third-order valence-electron chi connectivity index (χ3n) is 4.42. The minimum atomic E-state index is -0.0545. The van der Waals surface area contributed by atoms with Gasteiger partial charge in [-0.15, -0.1) is 0 Å². The highest BCUT2D eigenvalue weighted by atomic mass is 32.1. The fourth-order valence-corrected chi connectivity index (χ4v) is 3.89. The predicted octanol–water partition coefficient (Wildman–Crippen LogP) is 2.01. The van der Waals surface area contributed by atoms with Gasteiger partial charge in [-0.05, 0) is 25.1 Å². The molecule has 0 saturated carbocycles. The van der Waals surface area contributed by atoms with Gasteiger partial charge in [0.2, 0.25) is 5.91 Å². The molecule has 2 aromatic rings. The molecule has 0 atom stereocenters. The van der Waals surface area contributed by atoms with Crippen molar-refractivity contribution in [1.82, 2.24) is 14.4 Å². The highest BCUT2D eigenvalue weighted by Gasteiger charge is 2.22. The summed E-state index contributed by atoms with van der Waals surface area (Å²) >= 11 is 1.21. The van der Waals surface area contributed by atoms with Crippen LogP contribution in [-0.2, 0) is 11.3 Å². The third-order valence-corrected chi connectivity index (χ3v) is 5.38. The summed E-state index contributed by atoms with van der Waals surface area (Å²) < 4.78 is 2.54. The number of unbranched alkanes of at least 4 members (excludes halogenated alkanes) is 1. The Bertz CT molecular complexity index is 729. The van der Waals surface area contributed by atoms with Crippen LogP contribution in [0.3, 0.4) is 0 Å². The van der Waals surface area contributed by atoms with E-state index in [1.807, 2.05) is 29.2 Å². The van der Waals surface area contributed by atoms with Gasteiger partial charge in [0.05, 0.1) is 10.2 Å². The number of thiazole rings is 1. The number of carbonyl (C=O) groups is 1. The Hall–Kier alpha value is -1.66. The van der Waals surface area contributed by atoms with Crippen molar-refractivity contribution in [3.63, 3.8) is 0 Å². The average molecular weight is 333 g/mol. The minimum absolute atomic E-state index is 0.0470. The van der Waals surface area contributed by atoms with E-state index in [2.05, 4.69) is 11.8 Å². The van der Waals surface area contributed by atoms with Crippen LogP contribution >= 0.6 is 11.3 Å². The lowest BCUT2D eigenvalue weighted by Crippen LogP contribution is -2.49. The van der Waals surface area contributed by atoms with Crippen molar-refractivity contribution in [2.75, 3.05) is 32.7 Å². The van der Waals surface area contributed by atoms with Gasteiger partial charge in [0.1, 0.15) is 6.54 Å². The minimum Gasteiger partial charge on any atom is -0.339 e.